The van der Waals surface area contributed by atoms with Gasteiger partial charge in [0.05, 0.1) is 23.8 Å². The number of fused-ring (bicyclic) bond motifs is 3. The third-order valence-corrected chi connectivity index (χ3v) is 7.58. The van der Waals surface area contributed by atoms with Gasteiger partial charge < -0.3 is 14.6 Å². The van der Waals surface area contributed by atoms with Crippen LogP contribution >= 0.6 is 0 Å². The second-order valence-electron chi connectivity index (χ2n) is 11.2. The fraction of sp³-hybridized carbons (Fsp3) is 0.375. The molecule has 4 aromatic rings. The van der Waals surface area contributed by atoms with E-state index in [1.807, 2.05) is 12.4 Å². The van der Waals surface area contributed by atoms with Crippen LogP contribution in [0.2, 0.25) is 0 Å². The van der Waals surface area contributed by atoms with Crippen molar-refractivity contribution in [1.29, 1.82) is 5.41 Å². The normalized spacial score (nSPS) is 17.5. The first-order valence-electron chi connectivity index (χ1n) is 14.5. The standard InChI is InChI=1S/C32H38N8O/c1-22(2)35-31(36-23(3)33)28-21-39-16-17-41-30-18-25(11-12-27(30)32(39)37-28)29-13-14-34-40(29)26-10-7-15-38(20-26)19-24-8-5-4-6-9-24/h4-6,8-9,11-14,18,21-22,26H,7,10,15-17,19-20H2,1-3H3,(H2,33,35,36). The summed E-state index contributed by atoms with van der Waals surface area (Å²) >= 11 is 0. The van der Waals surface area contributed by atoms with E-state index in [4.69, 9.17) is 20.2 Å². The van der Waals surface area contributed by atoms with E-state index in [1.165, 1.54) is 5.56 Å². The van der Waals surface area contributed by atoms with Crippen LogP contribution in [0.25, 0.3) is 22.6 Å². The van der Waals surface area contributed by atoms with Crippen molar-refractivity contribution in [1.82, 2.24) is 29.5 Å². The first kappa shape index (κ1) is 27.0. The second-order valence-corrected chi connectivity index (χ2v) is 11.2. The van der Waals surface area contributed by atoms with Crippen molar-refractivity contribution in [3.8, 4) is 28.4 Å². The van der Waals surface area contributed by atoms with Gasteiger partial charge in [0.25, 0.3) is 0 Å². The summed E-state index contributed by atoms with van der Waals surface area (Å²) in [4.78, 5) is 11.9. The summed E-state index contributed by atoms with van der Waals surface area (Å²) in [6.07, 6.45) is 6.18. The minimum absolute atomic E-state index is 0.173. The molecule has 6 rings (SSSR count). The van der Waals surface area contributed by atoms with E-state index in [9.17, 15) is 0 Å². The van der Waals surface area contributed by atoms with Gasteiger partial charge in [-0.05, 0) is 63.9 Å². The zero-order chi connectivity index (χ0) is 28.3. The van der Waals surface area contributed by atoms with Gasteiger partial charge in [0.1, 0.15) is 29.7 Å². The summed E-state index contributed by atoms with van der Waals surface area (Å²) < 4.78 is 10.6. The van der Waals surface area contributed by atoms with E-state index < -0.39 is 0 Å². The maximum atomic E-state index is 7.89. The fourth-order valence-electron chi connectivity index (χ4n) is 5.81. The second kappa shape index (κ2) is 11.7. The molecule has 4 heterocycles. The number of nitrogens with zero attached hydrogens (tertiary/aromatic N) is 6. The number of likely N-dealkylation sites (tertiary alicyclic amines) is 1. The van der Waals surface area contributed by atoms with Crippen molar-refractivity contribution in [3.63, 3.8) is 0 Å². The molecule has 9 nitrogen and oxygen atoms in total. The lowest BCUT2D eigenvalue weighted by Gasteiger charge is -2.33. The monoisotopic (exact) mass is 550 g/mol. The van der Waals surface area contributed by atoms with Crippen molar-refractivity contribution < 1.29 is 4.74 Å². The highest BCUT2D eigenvalue weighted by Crippen LogP contribution is 2.37. The molecule has 2 N–H and O–H groups in total. The van der Waals surface area contributed by atoms with Crippen molar-refractivity contribution >= 4 is 11.7 Å². The number of ether oxygens (including phenoxy) is 1. The molecule has 1 unspecified atom stereocenters. The minimum atomic E-state index is 0.173. The molecule has 2 aromatic carbocycles. The molecule has 0 saturated carbocycles. The lowest BCUT2D eigenvalue weighted by atomic mass is 10.0. The Morgan fingerprint density at radius 3 is 2.80 bits per heavy atom. The van der Waals surface area contributed by atoms with Gasteiger partial charge in [0.2, 0.25) is 0 Å². The Kier molecular flexibility index (Phi) is 7.69. The fourth-order valence-corrected chi connectivity index (χ4v) is 5.81. The summed E-state index contributed by atoms with van der Waals surface area (Å²) in [5.41, 5.74) is 5.22. The molecular weight excluding hydrogens is 512 g/mol. The van der Waals surface area contributed by atoms with E-state index in [-0.39, 0.29) is 11.9 Å². The lowest BCUT2D eigenvalue weighted by molar-refractivity contribution is 0.164. The highest BCUT2D eigenvalue weighted by molar-refractivity contribution is 6.04. The summed E-state index contributed by atoms with van der Waals surface area (Å²) in [5, 5.41) is 16.0. The van der Waals surface area contributed by atoms with Crippen LogP contribution in [0.15, 0.2) is 72.0 Å². The number of nitrogens with one attached hydrogen (secondary N) is 2. The molecule has 0 spiro atoms. The van der Waals surface area contributed by atoms with Gasteiger partial charge in [-0.1, -0.05) is 36.4 Å². The summed E-state index contributed by atoms with van der Waals surface area (Å²) in [5.74, 6) is 2.52. The van der Waals surface area contributed by atoms with E-state index in [1.54, 1.807) is 6.92 Å². The topological polar surface area (TPSA) is 96.3 Å². The van der Waals surface area contributed by atoms with Gasteiger partial charge in [-0.3, -0.25) is 15.0 Å². The number of aromatic nitrogens is 4. The van der Waals surface area contributed by atoms with Crippen molar-refractivity contribution in [2.75, 3.05) is 19.7 Å². The zero-order valence-electron chi connectivity index (χ0n) is 24.0. The number of rotatable bonds is 6. The molecule has 0 bridgehead atoms. The first-order valence-corrected chi connectivity index (χ1v) is 14.5. The maximum Gasteiger partial charge on any atom is 0.155 e. The highest BCUT2D eigenvalue weighted by Gasteiger charge is 2.26. The van der Waals surface area contributed by atoms with Crippen LogP contribution in [0.4, 0.5) is 0 Å². The summed E-state index contributed by atoms with van der Waals surface area (Å²) in [7, 11) is 0. The number of aliphatic imine (C=N–C) groups is 1. The number of imidazole rings is 1. The number of hydrogen-bond acceptors (Lipinski definition) is 5. The zero-order valence-corrected chi connectivity index (χ0v) is 24.0. The molecule has 2 aromatic heterocycles. The Morgan fingerprint density at radius 1 is 1.15 bits per heavy atom. The van der Waals surface area contributed by atoms with Crippen molar-refractivity contribution in [3.05, 3.63) is 78.2 Å². The summed E-state index contributed by atoms with van der Waals surface area (Å²) in [6.45, 7) is 10.1. The van der Waals surface area contributed by atoms with Crippen molar-refractivity contribution in [2.24, 2.45) is 4.99 Å². The van der Waals surface area contributed by atoms with Crippen LogP contribution in [-0.2, 0) is 13.1 Å². The smallest absolute Gasteiger partial charge is 0.155 e. The largest absolute Gasteiger partial charge is 0.491 e. The molecular formula is C32H38N8O. The molecule has 2 aliphatic heterocycles. The molecule has 0 aliphatic carbocycles. The SMILES string of the molecule is CC(=N)/N=C(\NC(C)C)c1cn2c(n1)-c1ccc(-c3ccnn3C3CCCN(Cc4ccccc4)C3)cc1OCC2. The van der Waals surface area contributed by atoms with Crippen LogP contribution in [0.5, 0.6) is 5.75 Å². The molecule has 41 heavy (non-hydrogen) atoms. The van der Waals surface area contributed by atoms with Crippen LogP contribution in [0, 0.1) is 5.41 Å². The highest BCUT2D eigenvalue weighted by atomic mass is 16.5. The number of hydrogen-bond donors (Lipinski definition) is 2. The molecule has 0 radical (unpaired) electrons. The van der Waals surface area contributed by atoms with Crippen LogP contribution in [-0.4, -0.2) is 61.6 Å². The predicted molar refractivity (Wildman–Crippen MR) is 163 cm³/mol. The van der Waals surface area contributed by atoms with E-state index in [0.717, 1.165) is 66.6 Å². The van der Waals surface area contributed by atoms with Gasteiger partial charge >= 0.3 is 0 Å². The Morgan fingerprint density at radius 2 is 2.00 bits per heavy atom. The van der Waals surface area contributed by atoms with E-state index in [2.05, 4.69) is 92.9 Å². The third kappa shape index (κ3) is 5.95. The maximum absolute atomic E-state index is 7.89. The van der Waals surface area contributed by atoms with Crippen molar-refractivity contribution in [2.45, 2.75) is 58.8 Å². The number of benzene rings is 2. The lowest BCUT2D eigenvalue weighted by Crippen LogP contribution is -2.36. The van der Waals surface area contributed by atoms with Gasteiger partial charge in [-0.25, -0.2) is 9.98 Å². The van der Waals surface area contributed by atoms with Crippen LogP contribution in [0.3, 0.4) is 0 Å². The molecule has 1 saturated heterocycles. The summed E-state index contributed by atoms with van der Waals surface area (Å²) in [6, 6.07) is 19.7. The van der Waals surface area contributed by atoms with Gasteiger partial charge in [0.15, 0.2) is 5.84 Å². The Labute approximate surface area is 241 Å². The quantitative estimate of drug-likeness (QED) is 0.248. The first-order chi connectivity index (χ1) is 19.9. The molecule has 9 heteroatoms. The van der Waals surface area contributed by atoms with Crippen LogP contribution in [0.1, 0.15) is 50.9 Å². The minimum Gasteiger partial charge on any atom is -0.491 e. The van der Waals surface area contributed by atoms with Gasteiger partial charge in [0, 0.05) is 37.1 Å². The molecule has 0 amide bonds. The Balaban J connectivity index is 1.27. The van der Waals surface area contributed by atoms with Crippen LogP contribution < -0.4 is 10.1 Å². The molecule has 212 valence electrons. The predicted octanol–water partition coefficient (Wildman–Crippen LogP) is 5.38. The number of piperidine rings is 1. The third-order valence-electron chi connectivity index (χ3n) is 7.58. The molecule has 1 atom stereocenters. The Bertz CT molecular complexity index is 1550. The Hall–Kier alpha value is -4.24. The average Bonchev–Trinajstić information content (AvgIpc) is 3.58. The van der Waals surface area contributed by atoms with E-state index in [0.29, 0.717) is 25.0 Å². The number of amidine groups is 2. The van der Waals surface area contributed by atoms with Gasteiger partial charge in [-0.2, -0.15) is 5.10 Å². The van der Waals surface area contributed by atoms with Gasteiger partial charge in [-0.15, -0.1) is 0 Å². The molecule has 2 aliphatic rings. The molecule has 1 fully saturated rings. The van der Waals surface area contributed by atoms with E-state index >= 15 is 0 Å². The average molecular weight is 551 g/mol.